The van der Waals surface area contributed by atoms with Crippen molar-refractivity contribution in [2.75, 3.05) is 19.6 Å². The smallest absolute Gasteiger partial charge is 0.255 e. The van der Waals surface area contributed by atoms with E-state index in [0.29, 0.717) is 29.6 Å². The van der Waals surface area contributed by atoms with Gasteiger partial charge in [0.15, 0.2) is 0 Å². The van der Waals surface area contributed by atoms with Gasteiger partial charge in [0.05, 0.1) is 22.6 Å². The van der Waals surface area contributed by atoms with Crippen molar-refractivity contribution in [3.05, 3.63) is 34.2 Å². The predicted octanol–water partition coefficient (Wildman–Crippen LogP) is 1.51. The Kier molecular flexibility index (Phi) is 3.65. The SMILES string of the molecule is O=C1CN(C(=O)c2cc3ncnc(Cl)c3cc2Cl)CCN1. The zero-order valence-corrected chi connectivity index (χ0v) is 12.3. The van der Waals surface area contributed by atoms with Crippen molar-refractivity contribution in [3.8, 4) is 0 Å². The first kappa shape index (κ1) is 14.0. The van der Waals surface area contributed by atoms with E-state index in [4.69, 9.17) is 23.2 Å². The van der Waals surface area contributed by atoms with Crippen LogP contribution in [0.25, 0.3) is 10.9 Å². The van der Waals surface area contributed by atoms with E-state index in [0.717, 1.165) is 0 Å². The standard InChI is InChI=1S/C13H10Cl2N4O2/c14-9-3-8-10(17-6-18-12(8)15)4-7(9)13(21)19-2-1-16-11(20)5-19/h3-4,6H,1-2,5H2,(H,16,20). The quantitative estimate of drug-likeness (QED) is 0.807. The lowest BCUT2D eigenvalue weighted by Crippen LogP contribution is -2.50. The highest BCUT2D eigenvalue weighted by Crippen LogP contribution is 2.27. The maximum atomic E-state index is 12.5. The number of hydrogen-bond acceptors (Lipinski definition) is 4. The summed E-state index contributed by atoms with van der Waals surface area (Å²) >= 11 is 12.1. The van der Waals surface area contributed by atoms with Gasteiger partial charge in [0.2, 0.25) is 5.91 Å². The van der Waals surface area contributed by atoms with Crippen LogP contribution in [0.1, 0.15) is 10.4 Å². The molecule has 1 fully saturated rings. The highest BCUT2D eigenvalue weighted by atomic mass is 35.5. The Morgan fingerprint density at radius 2 is 2.10 bits per heavy atom. The Morgan fingerprint density at radius 3 is 2.86 bits per heavy atom. The van der Waals surface area contributed by atoms with Gasteiger partial charge in [-0.15, -0.1) is 0 Å². The number of carbonyl (C=O) groups excluding carboxylic acids is 2. The second kappa shape index (κ2) is 5.46. The van der Waals surface area contributed by atoms with Gasteiger partial charge >= 0.3 is 0 Å². The van der Waals surface area contributed by atoms with E-state index in [9.17, 15) is 9.59 Å². The minimum atomic E-state index is -0.300. The molecule has 1 aromatic carbocycles. The molecule has 3 rings (SSSR count). The van der Waals surface area contributed by atoms with Crippen molar-refractivity contribution >= 4 is 45.9 Å². The second-order valence-electron chi connectivity index (χ2n) is 4.59. The minimum Gasteiger partial charge on any atom is -0.353 e. The zero-order chi connectivity index (χ0) is 15.0. The van der Waals surface area contributed by atoms with Gasteiger partial charge in [0.1, 0.15) is 11.5 Å². The molecule has 0 aliphatic carbocycles. The number of nitrogens with zero attached hydrogens (tertiary/aromatic N) is 3. The third kappa shape index (κ3) is 2.64. The van der Waals surface area contributed by atoms with Crippen molar-refractivity contribution in [1.82, 2.24) is 20.2 Å². The summed E-state index contributed by atoms with van der Waals surface area (Å²) in [6, 6.07) is 3.14. The molecule has 108 valence electrons. The molecule has 1 N–H and O–H groups in total. The molecular weight excluding hydrogens is 315 g/mol. The number of hydrogen-bond donors (Lipinski definition) is 1. The Hall–Kier alpha value is -1.92. The van der Waals surface area contributed by atoms with Gasteiger partial charge in [-0.1, -0.05) is 23.2 Å². The summed E-state index contributed by atoms with van der Waals surface area (Å²) in [6.45, 7) is 0.908. The molecule has 0 unspecified atom stereocenters. The Morgan fingerprint density at radius 1 is 1.29 bits per heavy atom. The van der Waals surface area contributed by atoms with Crippen molar-refractivity contribution < 1.29 is 9.59 Å². The molecule has 0 bridgehead atoms. The zero-order valence-electron chi connectivity index (χ0n) is 10.8. The van der Waals surface area contributed by atoms with Gasteiger partial charge in [-0.25, -0.2) is 9.97 Å². The van der Waals surface area contributed by atoms with Crippen molar-refractivity contribution in [2.45, 2.75) is 0 Å². The fraction of sp³-hybridized carbons (Fsp3) is 0.231. The third-order valence-electron chi connectivity index (χ3n) is 3.23. The average Bonchev–Trinajstić information content (AvgIpc) is 2.47. The molecule has 0 radical (unpaired) electrons. The topological polar surface area (TPSA) is 75.2 Å². The van der Waals surface area contributed by atoms with Crippen LogP contribution in [-0.2, 0) is 4.79 Å². The molecule has 1 aliphatic heterocycles. The summed E-state index contributed by atoms with van der Waals surface area (Å²) in [5.74, 6) is -0.483. The van der Waals surface area contributed by atoms with Gasteiger partial charge < -0.3 is 10.2 Å². The van der Waals surface area contributed by atoms with Crippen LogP contribution in [0.5, 0.6) is 0 Å². The number of benzene rings is 1. The first-order chi connectivity index (χ1) is 10.1. The van der Waals surface area contributed by atoms with Gasteiger partial charge in [0, 0.05) is 18.5 Å². The number of halogens is 2. The van der Waals surface area contributed by atoms with Crippen LogP contribution in [-0.4, -0.2) is 46.3 Å². The van der Waals surface area contributed by atoms with Crippen molar-refractivity contribution in [3.63, 3.8) is 0 Å². The summed E-state index contributed by atoms with van der Waals surface area (Å²) in [5.41, 5.74) is 0.831. The van der Waals surface area contributed by atoms with Crippen LogP contribution in [0.3, 0.4) is 0 Å². The summed E-state index contributed by atoms with van der Waals surface area (Å²) in [5, 5.41) is 3.78. The van der Waals surface area contributed by atoms with Crippen molar-refractivity contribution in [1.29, 1.82) is 0 Å². The molecule has 1 aliphatic rings. The molecule has 0 spiro atoms. The monoisotopic (exact) mass is 324 g/mol. The summed E-state index contributed by atoms with van der Waals surface area (Å²) in [4.78, 5) is 33.3. The van der Waals surface area contributed by atoms with Crippen LogP contribution in [0, 0.1) is 0 Å². The number of aromatic nitrogens is 2. The number of nitrogens with one attached hydrogen (secondary N) is 1. The molecule has 8 heteroatoms. The fourth-order valence-electron chi connectivity index (χ4n) is 2.19. The maximum Gasteiger partial charge on any atom is 0.255 e. The van der Waals surface area contributed by atoms with E-state index < -0.39 is 0 Å². The molecule has 2 aromatic rings. The average molecular weight is 325 g/mol. The lowest BCUT2D eigenvalue weighted by Gasteiger charge is -2.27. The molecule has 2 heterocycles. The number of piperazine rings is 1. The fourth-order valence-corrected chi connectivity index (χ4v) is 2.63. The van der Waals surface area contributed by atoms with E-state index in [1.807, 2.05) is 0 Å². The largest absolute Gasteiger partial charge is 0.353 e. The number of carbonyl (C=O) groups is 2. The van der Waals surface area contributed by atoms with E-state index in [1.165, 1.54) is 11.2 Å². The van der Waals surface area contributed by atoms with Crippen LogP contribution in [0.2, 0.25) is 10.2 Å². The Labute approximate surface area is 130 Å². The normalized spacial score (nSPS) is 15.1. The molecule has 6 nitrogen and oxygen atoms in total. The lowest BCUT2D eigenvalue weighted by molar-refractivity contribution is -0.123. The van der Waals surface area contributed by atoms with Crippen LogP contribution >= 0.6 is 23.2 Å². The van der Waals surface area contributed by atoms with Gasteiger partial charge in [-0.05, 0) is 12.1 Å². The first-order valence-electron chi connectivity index (χ1n) is 6.22. The maximum absolute atomic E-state index is 12.5. The Balaban J connectivity index is 2.01. The highest BCUT2D eigenvalue weighted by Gasteiger charge is 2.24. The molecule has 1 aromatic heterocycles. The third-order valence-corrected chi connectivity index (χ3v) is 3.85. The number of rotatable bonds is 1. The van der Waals surface area contributed by atoms with Crippen LogP contribution < -0.4 is 5.32 Å². The second-order valence-corrected chi connectivity index (χ2v) is 5.36. The van der Waals surface area contributed by atoms with E-state index in [-0.39, 0.29) is 28.5 Å². The summed E-state index contributed by atoms with van der Waals surface area (Å²) < 4.78 is 0. The van der Waals surface area contributed by atoms with E-state index in [1.54, 1.807) is 12.1 Å². The molecule has 2 amide bonds. The first-order valence-corrected chi connectivity index (χ1v) is 6.97. The van der Waals surface area contributed by atoms with Crippen LogP contribution in [0.15, 0.2) is 18.5 Å². The van der Waals surface area contributed by atoms with E-state index in [2.05, 4.69) is 15.3 Å². The van der Waals surface area contributed by atoms with Gasteiger partial charge in [0.25, 0.3) is 5.91 Å². The molecule has 0 atom stereocenters. The highest BCUT2D eigenvalue weighted by molar-refractivity contribution is 6.37. The van der Waals surface area contributed by atoms with Crippen LogP contribution in [0.4, 0.5) is 0 Å². The van der Waals surface area contributed by atoms with E-state index >= 15 is 0 Å². The molecule has 1 saturated heterocycles. The minimum absolute atomic E-state index is 0.0255. The number of amides is 2. The number of fused-ring (bicyclic) bond motifs is 1. The molecular formula is C13H10Cl2N4O2. The Bertz CT molecular complexity index is 750. The summed E-state index contributed by atoms with van der Waals surface area (Å²) in [6.07, 6.45) is 1.32. The lowest BCUT2D eigenvalue weighted by atomic mass is 10.1. The summed E-state index contributed by atoms with van der Waals surface area (Å²) in [7, 11) is 0. The van der Waals surface area contributed by atoms with Gasteiger partial charge in [-0.2, -0.15) is 0 Å². The molecule has 21 heavy (non-hydrogen) atoms. The molecule has 0 saturated carbocycles. The van der Waals surface area contributed by atoms with Crippen molar-refractivity contribution in [2.24, 2.45) is 0 Å². The van der Waals surface area contributed by atoms with Gasteiger partial charge in [-0.3, -0.25) is 9.59 Å². The predicted molar refractivity (Wildman–Crippen MR) is 78.5 cm³/mol.